The van der Waals surface area contributed by atoms with Crippen LogP contribution < -0.4 is 10.3 Å². The van der Waals surface area contributed by atoms with Crippen LogP contribution in [0.15, 0.2) is 71.7 Å². The van der Waals surface area contributed by atoms with Gasteiger partial charge in [-0.2, -0.15) is 5.10 Å². The Hall–Kier alpha value is -3.28. The van der Waals surface area contributed by atoms with Crippen LogP contribution in [0.25, 0.3) is 5.69 Å². The number of aromatic nitrogens is 2. The van der Waals surface area contributed by atoms with Crippen molar-refractivity contribution < 1.29 is 9.18 Å². The van der Waals surface area contributed by atoms with Crippen LogP contribution in [0.5, 0.6) is 0 Å². The predicted molar refractivity (Wildman–Crippen MR) is 107 cm³/mol. The molecule has 1 amide bonds. The van der Waals surface area contributed by atoms with Crippen molar-refractivity contribution in [3.63, 3.8) is 0 Å². The second kappa shape index (κ2) is 8.17. The first-order chi connectivity index (χ1) is 13.4. The summed E-state index contributed by atoms with van der Waals surface area (Å²) in [5, 5.41) is 4.25. The topological polar surface area (TPSA) is 55.2 Å². The summed E-state index contributed by atoms with van der Waals surface area (Å²) in [6, 6.07) is 16.0. The molecule has 0 aliphatic rings. The van der Waals surface area contributed by atoms with E-state index in [1.54, 1.807) is 4.90 Å². The van der Waals surface area contributed by atoms with Gasteiger partial charge in [0.25, 0.3) is 5.91 Å². The second-order valence-corrected chi connectivity index (χ2v) is 6.94. The third-order valence-electron chi connectivity index (χ3n) is 4.73. The number of anilines is 1. The fourth-order valence-corrected chi connectivity index (χ4v) is 2.83. The molecule has 1 atom stereocenters. The molecule has 144 valence electrons. The maximum Gasteiger partial charge on any atom is 0.283 e. The van der Waals surface area contributed by atoms with Crippen molar-refractivity contribution in [2.45, 2.75) is 26.8 Å². The molecule has 0 fully saturated rings. The Kier molecular flexibility index (Phi) is 5.68. The molecule has 1 heterocycles. The summed E-state index contributed by atoms with van der Waals surface area (Å²) in [5.41, 5.74) is 0.620. The van der Waals surface area contributed by atoms with Gasteiger partial charge in [-0.25, -0.2) is 9.07 Å². The van der Waals surface area contributed by atoms with Gasteiger partial charge in [-0.05, 0) is 49.2 Å². The van der Waals surface area contributed by atoms with Gasteiger partial charge in [0, 0.05) is 24.0 Å². The molecule has 0 saturated carbocycles. The molecule has 3 rings (SSSR count). The van der Waals surface area contributed by atoms with Gasteiger partial charge in [-0.1, -0.05) is 32.0 Å². The molecule has 0 N–H and O–H groups in total. The van der Waals surface area contributed by atoms with Gasteiger partial charge >= 0.3 is 0 Å². The number of hydrogen-bond acceptors (Lipinski definition) is 3. The van der Waals surface area contributed by atoms with Crippen molar-refractivity contribution in [2.75, 3.05) is 4.90 Å². The van der Waals surface area contributed by atoms with Gasteiger partial charge in [0.05, 0.1) is 5.69 Å². The zero-order valence-corrected chi connectivity index (χ0v) is 16.0. The van der Waals surface area contributed by atoms with Crippen molar-refractivity contribution >= 4 is 11.6 Å². The van der Waals surface area contributed by atoms with Gasteiger partial charge in [-0.15, -0.1) is 0 Å². The largest absolute Gasteiger partial charge is 0.304 e. The molecule has 1 unspecified atom stereocenters. The summed E-state index contributed by atoms with van der Waals surface area (Å²) in [4.78, 5) is 27.4. The number of halogens is 1. The number of carbonyl (C=O) groups is 1. The van der Waals surface area contributed by atoms with Crippen LogP contribution in [0.1, 0.15) is 31.3 Å². The van der Waals surface area contributed by atoms with Crippen molar-refractivity contribution in [2.24, 2.45) is 5.92 Å². The van der Waals surface area contributed by atoms with Crippen molar-refractivity contribution in [3.8, 4) is 5.69 Å². The maximum absolute atomic E-state index is 13.3. The Morgan fingerprint density at radius 2 is 1.64 bits per heavy atom. The smallest absolute Gasteiger partial charge is 0.283 e. The normalized spacial score (nSPS) is 12.0. The zero-order valence-electron chi connectivity index (χ0n) is 16.0. The highest BCUT2D eigenvalue weighted by atomic mass is 19.1. The molecule has 2 aromatic carbocycles. The van der Waals surface area contributed by atoms with Crippen LogP contribution in [0.2, 0.25) is 0 Å². The lowest BCUT2D eigenvalue weighted by Crippen LogP contribution is -2.44. The third-order valence-corrected chi connectivity index (χ3v) is 4.73. The van der Waals surface area contributed by atoms with E-state index >= 15 is 0 Å². The van der Waals surface area contributed by atoms with Crippen molar-refractivity contribution in [1.82, 2.24) is 9.78 Å². The summed E-state index contributed by atoms with van der Waals surface area (Å²) in [5.74, 6) is -0.664. The lowest BCUT2D eigenvalue weighted by Gasteiger charge is -2.31. The van der Waals surface area contributed by atoms with Gasteiger partial charge in [0.15, 0.2) is 5.69 Å². The number of benzene rings is 2. The SMILES string of the molecule is CC(C)C(C)N(C(=O)c1nn(-c2ccc(F)cc2)ccc1=O)c1ccccc1. The molecule has 5 nitrogen and oxygen atoms in total. The Bertz CT molecular complexity index is 1010. The number of para-hydroxylation sites is 1. The Balaban J connectivity index is 2.07. The monoisotopic (exact) mass is 379 g/mol. The number of rotatable bonds is 5. The van der Waals surface area contributed by atoms with Gasteiger partial charge in [0.2, 0.25) is 5.43 Å². The molecule has 0 aliphatic heterocycles. The van der Waals surface area contributed by atoms with Gasteiger partial charge < -0.3 is 4.90 Å². The van der Waals surface area contributed by atoms with Gasteiger partial charge in [-0.3, -0.25) is 9.59 Å². The van der Waals surface area contributed by atoms with Crippen LogP contribution in [0.3, 0.4) is 0 Å². The van der Waals surface area contributed by atoms with E-state index in [0.717, 1.165) is 0 Å². The molecule has 1 aromatic heterocycles. The van der Waals surface area contributed by atoms with Crippen molar-refractivity contribution in [1.29, 1.82) is 0 Å². The van der Waals surface area contributed by atoms with E-state index in [4.69, 9.17) is 0 Å². The van der Waals surface area contributed by atoms with Gasteiger partial charge in [0.1, 0.15) is 5.82 Å². The van der Waals surface area contributed by atoms with E-state index in [1.165, 1.54) is 41.2 Å². The van der Waals surface area contributed by atoms with E-state index in [9.17, 15) is 14.0 Å². The van der Waals surface area contributed by atoms with E-state index in [1.807, 2.05) is 51.1 Å². The van der Waals surface area contributed by atoms with E-state index in [-0.39, 0.29) is 23.5 Å². The van der Waals surface area contributed by atoms with E-state index < -0.39 is 11.3 Å². The minimum Gasteiger partial charge on any atom is -0.304 e. The summed E-state index contributed by atoms with van der Waals surface area (Å²) in [7, 11) is 0. The van der Waals surface area contributed by atoms with Crippen LogP contribution in [0.4, 0.5) is 10.1 Å². The first-order valence-corrected chi connectivity index (χ1v) is 9.13. The molecule has 0 aliphatic carbocycles. The molecule has 0 saturated heterocycles. The lowest BCUT2D eigenvalue weighted by molar-refractivity contribution is 0.0964. The molecule has 6 heteroatoms. The molecule has 28 heavy (non-hydrogen) atoms. The third kappa shape index (κ3) is 4.01. The Morgan fingerprint density at radius 3 is 2.25 bits per heavy atom. The fraction of sp³-hybridized carbons (Fsp3) is 0.227. The maximum atomic E-state index is 13.3. The highest BCUT2D eigenvalue weighted by Gasteiger charge is 2.28. The second-order valence-electron chi connectivity index (χ2n) is 6.94. The first-order valence-electron chi connectivity index (χ1n) is 9.13. The van der Waals surface area contributed by atoms with Crippen LogP contribution in [0, 0.1) is 11.7 Å². The fourth-order valence-electron chi connectivity index (χ4n) is 2.83. The summed E-state index contributed by atoms with van der Waals surface area (Å²) >= 11 is 0. The number of nitrogens with zero attached hydrogens (tertiary/aromatic N) is 3. The van der Waals surface area contributed by atoms with Crippen LogP contribution in [-0.2, 0) is 0 Å². The van der Waals surface area contributed by atoms with Crippen LogP contribution in [-0.4, -0.2) is 21.7 Å². The summed E-state index contributed by atoms with van der Waals surface area (Å²) in [6.07, 6.45) is 1.46. The molecule has 0 bridgehead atoms. The Morgan fingerprint density at radius 1 is 1.00 bits per heavy atom. The van der Waals surface area contributed by atoms with E-state index in [2.05, 4.69) is 5.10 Å². The predicted octanol–water partition coefficient (Wildman–Crippen LogP) is 4.06. The lowest BCUT2D eigenvalue weighted by atomic mass is 10.0. The highest BCUT2D eigenvalue weighted by molar-refractivity contribution is 6.05. The van der Waals surface area contributed by atoms with Crippen LogP contribution >= 0.6 is 0 Å². The quantitative estimate of drug-likeness (QED) is 0.672. The molecular formula is C22H22FN3O2. The number of hydrogen-bond donors (Lipinski definition) is 0. The average molecular weight is 379 g/mol. The Labute approximate surface area is 163 Å². The summed E-state index contributed by atoms with van der Waals surface area (Å²) < 4.78 is 14.6. The minimum atomic E-state index is -0.464. The van der Waals surface area contributed by atoms with E-state index in [0.29, 0.717) is 11.4 Å². The zero-order chi connectivity index (χ0) is 20.3. The molecule has 0 spiro atoms. The average Bonchev–Trinajstić information content (AvgIpc) is 2.70. The molecular weight excluding hydrogens is 357 g/mol. The highest BCUT2D eigenvalue weighted by Crippen LogP contribution is 2.22. The number of carbonyl (C=O) groups excluding carboxylic acids is 1. The molecule has 0 radical (unpaired) electrons. The molecule has 3 aromatic rings. The standard InChI is InChI=1S/C22H22FN3O2/c1-15(2)16(3)26(19-7-5-4-6-8-19)22(28)21-20(27)13-14-25(24-21)18-11-9-17(23)10-12-18/h4-16H,1-3H3. The first kappa shape index (κ1) is 19.5. The van der Waals surface area contributed by atoms with Crippen molar-refractivity contribution in [3.05, 3.63) is 88.6 Å². The minimum absolute atomic E-state index is 0.143. The summed E-state index contributed by atoms with van der Waals surface area (Å²) in [6.45, 7) is 5.98. The number of amides is 1.